The summed E-state index contributed by atoms with van der Waals surface area (Å²) in [5.41, 5.74) is 3.11. The van der Waals surface area contributed by atoms with Crippen molar-refractivity contribution in [2.75, 3.05) is 0 Å². The molecule has 98 valence electrons. The van der Waals surface area contributed by atoms with Crippen LogP contribution in [-0.4, -0.2) is 0 Å². The molecule has 0 saturated heterocycles. The SMILES string of the molecule is CCCCc1ccsc1-c1sccc1CCCC. The Morgan fingerprint density at radius 1 is 0.778 bits per heavy atom. The van der Waals surface area contributed by atoms with Crippen LogP contribution in [0.15, 0.2) is 22.9 Å². The molecule has 0 aliphatic rings. The first-order valence-corrected chi connectivity index (χ1v) is 8.75. The predicted molar refractivity (Wildman–Crippen MR) is 84.9 cm³/mol. The van der Waals surface area contributed by atoms with Gasteiger partial charge in [-0.05, 0) is 59.7 Å². The van der Waals surface area contributed by atoms with E-state index in [4.69, 9.17) is 0 Å². The third kappa shape index (κ3) is 3.24. The molecule has 0 saturated carbocycles. The molecule has 0 radical (unpaired) electrons. The van der Waals surface area contributed by atoms with Gasteiger partial charge >= 0.3 is 0 Å². The fraction of sp³-hybridized carbons (Fsp3) is 0.500. The third-order valence-corrected chi connectivity index (χ3v) is 5.38. The molecule has 0 amide bonds. The fourth-order valence-electron chi connectivity index (χ4n) is 2.20. The molecule has 2 heteroatoms. The summed E-state index contributed by atoms with van der Waals surface area (Å²) in [6.45, 7) is 4.54. The summed E-state index contributed by atoms with van der Waals surface area (Å²) in [6.07, 6.45) is 7.64. The molecule has 0 bridgehead atoms. The minimum absolute atomic E-state index is 1.24. The second kappa shape index (κ2) is 7.10. The summed E-state index contributed by atoms with van der Waals surface area (Å²) in [6, 6.07) is 4.64. The molecule has 0 aliphatic carbocycles. The average Bonchev–Trinajstić information content (AvgIpc) is 3.01. The largest absolute Gasteiger partial charge is 0.143 e. The van der Waals surface area contributed by atoms with Gasteiger partial charge in [0.15, 0.2) is 0 Å². The molecule has 0 spiro atoms. The van der Waals surface area contributed by atoms with E-state index in [9.17, 15) is 0 Å². The van der Waals surface area contributed by atoms with Gasteiger partial charge in [0.2, 0.25) is 0 Å². The van der Waals surface area contributed by atoms with Crippen LogP contribution in [-0.2, 0) is 12.8 Å². The first-order chi connectivity index (χ1) is 8.86. The topological polar surface area (TPSA) is 0 Å². The molecular weight excluding hydrogens is 256 g/mol. The molecule has 0 unspecified atom stereocenters. The third-order valence-electron chi connectivity index (χ3n) is 3.30. The number of hydrogen-bond acceptors (Lipinski definition) is 2. The van der Waals surface area contributed by atoms with E-state index in [2.05, 4.69) is 36.7 Å². The molecule has 2 aromatic rings. The van der Waals surface area contributed by atoms with Crippen molar-refractivity contribution in [2.24, 2.45) is 0 Å². The molecule has 0 aliphatic heterocycles. The zero-order valence-electron chi connectivity index (χ0n) is 11.4. The van der Waals surface area contributed by atoms with Crippen molar-refractivity contribution in [1.82, 2.24) is 0 Å². The summed E-state index contributed by atoms with van der Waals surface area (Å²) >= 11 is 3.83. The van der Waals surface area contributed by atoms with Crippen LogP contribution in [0.1, 0.15) is 50.7 Å². The lowest BCUT2D eigenvalue weighted by molar-refractivity contribution is 0.794. The van der Waals surface area contributed by atoms with Gasteiger partial charge in [-0.2, -0.15) is 0 Å². The van der Waals surface area contributed by atoms with E-state index in [0.717, 1.165) is 0 Å². The van der Waals surface area contributed by atoms with E-state index in [-0.39, 0.29) is 0 Å². The molecule has 0 N–H and O–H groups in total. The lowest BCUT2D eigenvalue weighted by atomic mass is 10.0. The molecule has 0 fully saturated rings. The second-order valence-electron chi connectivity index (χ2n) is 4.76. The van der Waals surface area contributed by atoms with Gasteiger partial charge in [0.05, 0.1) is 0 Å². The van der Waals surface area contributed by atoms with Gasteiger partial charge in [0.1, 0.15) is 0 Å². The molecular formula is C16H22S2. The maximum absolute atomic E-state index is 2.32. The van der Waals surface area contributed by atoms with Crippen molar-refractivity contribution in [3.05, 3.63) is 34.0 Å². The summed E-state index contributed by atoms with van der Waals surface area (Å²) in [5, 5.41) is 4.51. The van der Waals surface area contributed by atoms with E-state index in [1.807, 2.05) is 22.7 Å². The summed E-state index contributed by atoms with van der Waals surface area (Å²) in [5.74, 6) is 0. The number of aryl methyl sites for hydroxylation is 2. The van der Waals surface area contributed by atoms with E-state index in [1.54, 1.807) is 11.1 Å². The Morgan fingerprint density at radius 3 is 1.61 bits per heavy atom. The highest BCUT2D eigenvalue weighted by Crippen LogP contribution is 2.37. The second-order valence-corrected chi connectivity index (χ2v) is 6.59. The Bertz CT molecular complexity index is 421. The van der Waals surface area contributed by atoms with Crippen LogP contribution in [0.25, 0.3) is 9.75 Å². The standard InChI is InChI=1S/C16H22S2/c1-3-5-7-13-9-11-17-15(13)16-14(8-6-4-2)10-12-18-16/h9-12H,3-8H2,1-2H3. The Morgan fingerprint density at radius 2 is 1.22 bits per heavy atom. The van der Waals surface area contributed by atoms with E-state index in [1.165, 1.54) is 48.3 Å². The maximum Gasteiger partial charge on any atom is 0.0477 e. The van der Waals surface area contributed by atoms with Gasteiger partial charge in [-0.3, -0.25) is 0 Å². The van der Waals surface area contributed by atoms with Crippen LogP contribution in [0.3, 0.4) is 0 Å². The lowest BCUT2D eigenvalue weighted by Crippen LogP contribution is -1.87. The molecule has 0 atom stereocenters. The minimum Gasteiger partial charge on any atom is -0.143 e. The predicted octanol–water partition coefficient (Wildman–Crippen LogP) is 6.16. The van der Waals surface area contributed by atoms with Crippen molar-refractivity contribution in [3.63, 3.8) is 0 Å². The van der Waals surface area contributed by atoms with Crippen LogP contribution < -0.4 is 0 Å². The molecule has 2 heterocycles. The van der Waals surface area contributed by atoms with Crippen LogP contribution >= 0.6 is 22.7 Å². The number of unbranched alkanes of at least 4 members (excludes halogenated alkanes) is 2. The summed E-state index contributed by atoms with van der Waals surface area (Å²) in [7, 11) is 0. The fourth-order valence-corrected chi connectivity index (χ4v) is 4.34. The van der Waals surface area contributed by atoms with E-state index in [0.29, 0.717) is 0 Å². The Kier molecular flexibility index (Phi) is 5.45. The van der Waals surface area contributed by atoms with E-state index < -0.39 is 0 Å². The van der Waals surface area contributed by atoms with Crippen molar-refractivity contribution in [3.8, 4) is 9.75 Å². The number of thiophene rings is 2. The van der Waals surface area contributed by atoms with Gasteiger partial charge in [0, 0.05) is 9.75 Å². The van der Waals surface area contributed by atoms with Gasteiger partial charge in [-0.1, -0.05) is 26.7 Å². The molecule has 2 rings (SSSR count). The first-order valence-electron chi connectivity index (χ1n) is 6.99. The van der Waals surface area contributed by atoms with Crippen LogP contribution in [0.2, 0.25) is 0 Å². The first kappa shape index (κ1) is 13.8. The zero-order valence-corrected chi connectivity index (χ0v) is 13.0. The van der Waals surface area contributed by atoms with Crippen LogP contribution in [0, 0.1) is 0 Å². The Hall–Kier alpha value is -0.600. The molecule has 0 nitrogen and oxygen atoms in total. The average molecular weight is 278 g/mol. The molecule has 18 heavy (non-hydrogen) atoms. The lowest BCUT2D eigenvalue weighted by Gasteiger charge is -2.05. The highest BCUT2D eigenvalue weighted by atomic mass is 32.1. The molecule has 2 aromatic heterocycles. The highest BCUT2D eigenvalue weighted by Gasteiger charge is 2.12. The van der Waals surface area contributed by atoms with Gasteiger partial charge in [-0.25, -0.2) is 0 Å². The van der Waals surface area contributed by atoms with Gasteiger partial charge < -0.3 is 0 Å². The summed E-state index contributed by atoms with van der Waals surface area (Å²) in [4.78, 5) is 3.06. The Balaban J connectivity index is 2.20. The van der Waals surface area contributed by atoms with Gasteiger partial charge in [-0.15, -0.1) is 22.7 Å². The normalized spacial score (nSPS) is 11.0. The number of rotatable bonds is 7. The van der Waals surface area contributed by atoms with E-state index >= 15 is 0 Å². The van der Waals surface area contributed by atoms with Crippen molar-refractivity contribution in [2.45, 2.75) is 52.4 Å². The quantitative estimate of drug-likeness (QED) is 0.569. The van der Waals surface area contributed by atoms with Crippen LogP contribution in [0.5, 0.6) is 0 Å². The van der Waals surface area contributed by atoms with Crippen molar-refractivity contribution < 1.29 is 0 Å². The molecule has 0 aromatic carbocycles. The van der Waals surface area contributed by atoms with Gasteiger partial charge in [0.25, 0.3) is 0 Å². The monoisotopic (exact) mass is 278 g/mol. The Labute approximate surface area is 119 Å². The zero-order chi connectivity index (χ0) is 12.8. The minimum atomic E-state index is 1.24. The maximum atomic E-state index is 2.32. The summed E-state index contributed by atoms with van der Waals surface area (Å²) < 4.78 is 0. The van der Waals surface area contributed by atoms with Crippen molar-refractivity contribution >= 4 is 22.7 Å². The highest BCUT2D eigenvalue weighted by molar-refractivity contribution is 7.20. The van der Waals surface area contributed by atoms with Crippen molar-refractivity contribution in [1.29, 1.82) is 0 Å². The smallest absolute Gasteiger partial charge is 0.0477 e. The van der Waals surface area contributed by atoms with Crippen LogP contribution in [0.4, 0.5) is 0 Å². The number of hydrogen-bond donors (Lipinski definition) is 0.